The molecule has 0 spiro atoms. The number of allylic oxidation sites excluding steroid dienone is 1. The molecular formula is C9H7BrClF. The molecule has 64 valence electrons. The molecule has 0 aliphatic carbocycles. The number of rotatable bonds is 2. The van der Waals surface area contributed by atoms with Crippen molar-refractivity contribution >= 4 is 33.6 Å². The molecule has 0 fully saturated rings. The first-order valence-electron chi connectivity index (χ1n) is 3.41. The van der Waals surface area contributed by atoms with Gasteiger partial charge < -0.3 is 0 Å². The fourth-order valence-electron chi connectivity index (χ4n) is 0.797. The van der Waals surface area contributed by atoms with Gasteiger partial charge in [0.25, 0.3) is 0 Å². The SMILES string of the molecule is Fc1cc(/C=C/CCl)ccc1Br. The standard InChI is InChI=1S/C9H7BrClF/c10-8-4-3-7(2-1-5-11)6-9(8)12/h1-4,6H,5H2/b2-1+. The average Bonchev–Trinajstić information content (AvgIpc) is 2.07. The van der Waals surface area contributed by atoms with Crippen molar-refractivity contribution in [2.24, 2.45) is 0 Å². The third-order valence-electron chi connectivity index (χ3n) is 1.34. The van der Waals surface area contributed by atoms with E-state index in [9.17, 15) is 4.39 Å². The van der Waals surface area contributed by atoms with Crippen molar-refractivity contribution in [1.82, 2.24) is 0 Å². The Hall–Kier alpha value is -0.340. The Bertz CT molecular complexity index is 297. The van der Waals surface area contributed by atoms with Crippen LogP contribution in [0.4, 0.5) is 4.39 Å². The van der Waals surface area contributed by atoms with Gasteiger partial charge in [0.2, 0.25) is 0 Å². The molecule has 1 aromatic carbocycles. The fraction of sp³-hybridized carbons (Fsp3) is 0.111. The summed E-state index contributed by atoms with van der Waals surface area (Å²) in [5.41, 5.74) is 0.816. The van der Waals surface area contributed by atoms with Gasteiger partial charge in [0.15, 0.2) is 0 Å². The van der Waals surface area contributed by atoms with E-state index in [0.29, 0.717) is 10.4 Å². The molecule has 0 atom stereocenters. The summed E-state index contributed by atoms with van der Waals surface area (Å²) in [5.74, 6) is 0.184. The summed E-state index contributed by atoms with van der Waals surface area (Å²) in [6.45, 7) is 0. The summed E-state index contributed by atoms with van der Waals surface area (Å²) >= 11 is 8.51. The topological polar surface area (TPSA) is 0 Å². The molecule has 0 N–H and O–H groups in total. The van der Waals surface area contributed by atoms with E-state index in [1.54, 1.807) is 18.2 Å². The lowest BCUT2D eigenvalue weighted by molar-refractivity contribution is 0.621. The van der Waals surface area contributed by atoms with Gasteiger partial charge in [0.1, 0.15) is 5.82 Å². The van der Waals surface area contributed by atoms with Crippen LogP contribution in [0.25, 0.3) is 6.08 Å². The summed E-state index contributed by atoms with van der Waals surface area (Å²) in [4.78, 5) is 0. The van der Waals surface area contributed by atoms with Gasteiger partial charge in [0, 0.05) is 5.88 Å². The molecule has 0 nitrogen and oxygen atoms in total. The van der Waals surface area contributed by atoms with Crippen molar-refractivity contribution < 1.29 is 4.39 Å². The molecule has 0 heterocycles. The molecule has 3 heteroatoms. The Balaban J connectivity index is 2.89. The monoisotopic (exact) mass is 248 g/mol. The van der Waals surface area contributed by atoms with E-state index in [2.05, 4.69) is 15.9 Å². The quantitative estimate of drug-likeness (QED) is 0.699. The van der Waals surface area contributed by atoms with Crippen LogP contribution in [-0.2, 0) is 0 Å². The maximum Gasteiger partial charge on any atom is 0.137 e. The lowest BCUT2D eigenvalue weighted by Gasteiger charge is -1.95. The van der Waals surface area contributed by atoms with Gasteiger partial charge in [-0.05, 0) is 33.6 Å². The Morgan fingerprint density at radius 3 is 2.83 bits per heavy atom. The first-order chi connectivity index (χ1) is 5.74. The first kappa shape index (κ1) is 9.75. The van der Waals surface area contributed by atoms with E-state index >= 15 is 0 Å². The van der Waals surface area contributed by atoms with Crippen molar-refractivity contribution in [3.63, 3.8) is 0 Å². The van der Waals surface area contributed by atoms with Crippen LogP contribution in [0, 0.1) is 5.82 Å². The summed E-state index contributed by atoms with van der Waals surface area (Å²) in [7, 11) is 0. The van der Waals surface area contributed by atoms with Crippen LogP contribution in [0.15, 0.2) is 28.7 Å². The van der Waals surface area contributed by atoms with Crippen molar-refractivity contribution in [1.29, 1.82) is 0 Å². The molecule has 0 radical (unpaired) electrons. The molecule has 0 aliphatic heterocycles. The molecule has 12 heavy (non-hydrogen) atoms. The zero-order valence-electron chi connectivity index (χ0n) is 6.23. The Kier molecular flexibility index (Phi) is 3.76. The van der Waals surface area contributed by atoms with Gasteiger partial charge in [-0.1, -0.05) is 18.2 Å². The minimum atomic E-state index is -0.258. The van der Waals surface area contributed by atoms with Crippen LogP contribution < -0.4 is 0 Å². The number of hydrogen-bond acceptors (Lipinski definition) is 0. The van der Waals surface area contributed by atoms with E-state index in [1.165, 1.54) is 6.07 Å². The second-order valence-electron chi connectivity index (χ2n) is 2.23. The van der Waals surface area contributed by atoms with E-state index in [4.69, 9.17) is 11.6 Å². The normalized spacial score (nSPS) is 10.9. The third kappa shape index (κ3) is 2.61. The highest BCUT2D eigenvalue weighted by Gasteiger charge is 1.96. The summed E-state index contributed by atoms with van der Waals surface area (Å²) in [6.07, 6.45) is 3.55. The van der Waals surface area contributed by atoms with E-state index in [-0.39, 0.29) is 5.82 Å². The number of alkyl halides is 1. The number of benzene rings is 1. The average molecular weight is 250 g/mol. The molecule has 1 rings (SSSR count). The second kappa shape index (κ2) is 4.63. The van der Waals surface area contributed by atoms with Crippen LogP contribution >= 0.6 is 27.5 Å². The van der Waals surface area contributed by atoms with Gasteiger partial charge in [-0.25, -0.2) is 4.39 Å². The Morgan fingerprint density at radius 1 is 1.50 bits per heavy atom. The Labute approximate surface area is 84.2 Å². The molecule has 0 unspecified atom stereocenters. The van der Waals surface area contributed by atoms with E-state index < -0.39 is 0 Å². The Morgan fingerprint density at radius 2 is 2.25 bits per heavy atom. The molecule has 0 bridgehead atoms. The van der Waals surface area contributed by atoms with Crippen molar-refractivity contribution in [3.05, 3.63) is 40.1 Å². The highest BCUT2D eigenvalue weighted by Crippen LogP contribution is 2.16. The lowest BCUT2D eigenvalue weighted by Crippen LogP contribution is -1.78. The minimum Gasteiger partial charge on any atom is -0.206 e. The number of halogens is 3. The van der Waals surface area contributed by atoms with Gasteiger partial charge in [-0.15, -0.1) is 11.6 Å². The number of hydrogen-bond donors (Lipinski definition) is 0. The molecule has 0 aliphatic rings. The van der Waals surface area contributed by atoms with Crippen LogP contribution in [0.5, 0.6) is 0 Å². The fourth-order valence-corrected chi connectivity index (χ4v) is 1.13. The molecule has 0 saturated carbocycles. The molecule has 1 aromatic rings. The largest absolute Gasteiger partial charge is 0.206 e. The van der Waals surface area contributed by atoms with Crippen molar-refractivity contribution in [2.75, 3.05) is 5.88 Å². The van der Waals surface area contributed by atoms with Crippen molar-refractivity contribution in [3.8, 4) is 0 Å². The molecular weight excluding hydrogens is 242 g/mol. The van der Waals surface area contributed by atoms with E-state index in [0.717, 1.165) is 5.56 Å². The van der Waals surface area contributed by atoms with E-state index in [1.807, 2.05) is 6.07 Å². The summed E-state index contributed by atoms with van der Waals surface area (Å²) in [5, 5.41) is 0. The van der Waals surface area contributed by atoms with Crippen molar-refractivity contribution in [2.45, 2.75) is 0 Å². The first-order valence-corrected chi connectivity index (χ1v) is 4.74. The zero-order valence-corrected chi connectivity index (χ0v) is 8.57. The predicted octanol–water partition coefficient (Wildman–Crippen LogP) is 3.84. The lowest BCUT2D eigenvalue weighted by atomic mass is 10.2. The van der Waals surface area contributed by atoms with Gasteiger partial charge in [-0.3, -0.25) is 0 Å². The molecule has 0 saturated heterocycles. The molecule has 0 aromatic heterocycles. The molecule has 0 amide bonds. The van der Waals surface area contributed by atoms with Gasteiger partial charge in [0.05, 0.1) is 4.47 Å². The minimum absolute atomic E-state index is 0.258. The maximum atomic E-state index is 12.9. The van der Waals surface area contributed by atoms with Gasteiger partial charge in [-0.2, -0.15) is 0 Å². The maximum absolute atomic E-state index is 12.9. The second-order valence-corrected chi connectivity index (χ2v) is 3.39. The van der Waals surface area contributed by atoms with Crippen LogP contribution in [0.1, 0.15) is 5.56 Å². The summed E-state index contributed by atoms with van der Waals surface area (Å²) < 4.78 is 13.4. The smallest absolute Gasteiger partial charge is 0.137 e. The van der Waals surface area contributed by atoms with Crippen LogP contribution in [-0.4, -0.2) is 5.88 Å². The predicted molar refractivity (Wildman–Crippen MR) is 53.9 cm³/mol. The zero-order chi connectivity index (χ0) is 8.97. The third-order valence-corrected chi connectivity index (χ3v) is 2.16. The highest BCUT2D eigenvalue weighted by atomic mass is 79.9. The van der Waals surface area contributed by atoms with Crippen LogP contribution in [0.3, 0.4) is 0 Å². The van der Waals surface area contributed by atoms with Crippen LogP contribution in [0.2, 0.25) is 0 Å². The van der Waals surface area contributed by atoms with Gasteiger partial charge >= 0.3 is 0 Å². The highest BCUT2D eigenvalue weighted by molar-refractivity contribution is 9.10. The summed E-state index contributed by atoms with van der Waals surface area (Å²) in [6, 6.07) is 4.94.